The van der Waals surface area contributed by atoms with Crippen LogP contribution in [0, 0.1) is 13.8 Å². The fourth-order valence-electron chi connectivity index (χ4n) is 5.70. The predicted molar refractivity (Wildman–Crippen MR) is 178 cm³/mol. The van der Waals surface area contributed by atoms with Crippen molar-refractivity contribution in [2.24, 2.45) is 0 Å². The topological polar surface area (TPSA) is 142 Å². The zero-order valence-electron chi connectivity index (χ0n) is 26.6. The molecule has 1 saturated heterocycles. The number of likely N-dealkylation sites (tertiary alicyclic amines) is 1. The molecular weight excluding hydrogens is 589 g/mol. The Morgan fingerprint density at radius 2 is 1.78 bits per heavy atom. The van der Waals surface area contributed by atoms with Crippen molar-refractivity contribution in [2.75, 3.05) is 23.7 Å². The monoisotopic (exact) mass is 629 g/mol. The normalized spacial score (nSPS) is 14.4. The molecule has 0 bridgehead atoms. The lowest BCUT2D eigenvalue weighted by Crippen LogP contribution is -2.37. The number of hydrogen-bond acceptors (Lipinski definition) is 9. The third-order valence-corrected chi connectivity index (χ3v) is 10.3. The number of sulfone groups is 1. The van der Waals surface area contributed by atoms with Gasteiger partial charge in [-0.05, 0) is 102 Å². The molecule has 3 heterocycles. The lowest BCUT2D eigenvalue weighted by atomic mass is 9.86. The maximum absolute atomic E-state index is 13.2. The van der Waals surface area contributed by atoms with Crippen LogP contribution in [0.5, 0.6) is 5.75 Å². The van der Waals surface area contributed by atoms with E-state index in [1.165, 1.54) is 5.56 Å². The summed E-state index contributed by atoms with van der Waals surface area (Å²) >= 11 is 0. The van der Waals surface area contributed by atoms with Crippen molar-refractivity contribution in [1.82, 2.24) is 25.1 Å². The van der Waals surface area contributed by atoms with Crippen molar-refractivity contribution in [2.45, 2.75) is 82.9 Å². The summed E-state index contributed by atoms with van der Waals surface area (Å²) in [6, 6.07) is 10.9. The molecule has 0 unspecified atom stereocenters. The van der Waals surface area contributed by atoms with Crippen molar-refractivity contribution in [3.05, 3.63) is 53.2 Å². The molecule has 236 valence electrons. The Kier molecular flexibility index (Phi) is 9.38. The number of aryl methyl sites for hydroxylation is 2. The van der Waals surface area contributed by atoms with Crippen molar-refractivity contribution >= 4 is 57.8 Å². The summed E-state index contributed by atoms with van der Waals surface area (Å²) in [5.41, 5.74) is 4.55. The van der Waals surface area contributed by atoms with Crippen molar-refractivity contribution in [3.8, 4) is 5.75 Å². The average Bonchev–Trinajstić information content (AvgIpc) is 3.38. The third-order valence-electron chi connectivity index (χ3n) is 8.10. The fourth-order valence-corrected chi connectivity index (χ4v) is 6.90. The first-order chi connectivity index (χ1) is 21.4. The quantitative estimate of drug-likeness (QED) is 0.188. The zero-order valence-corrected chi connectivity index (χ0v) is 27.5. The maximum Gasteiger partial charge on any atom is 0.231 e. The molecule has 1 amide bonds. The van der Waals surface area contributed by atoms with Crippen molar-refractivity contribution in [3.63, 3.8) is 0 Å². The Labute approximate surface area is 265 Å². The number of piperidine rings is 1. The smallest absolute Gasteiger partial charge is 0.231 e. The van der Waals surface area contributed by atoms with Gasteiger partial charge in [-0.15, -0.1) is 0 Å². The lowest BCUT2D eigenvalue weighted by Gasteiger charge is -2.33. The first kappa shape index (κ1) is 32.3. The molecule has 1 aliphatic rings. The van der Waals surface area contributed by atoms with E-state index in [-0.39, 0.29) is 35.1 Å². The van der Waals surface area contributed by atoms with Gasteiger partial charge in [0.25, 0.3) is 0 Å². The van der Waals surface area contributed by atoms with E-state index in [1.807, 2.05) is 31.7 Å². The number of benzene rings is 2. The molecule has 2 radical (unpaired) electrons. The van der Waals surface area contributed by atoms with Crippen LogP contribution in [-0.4, -0.2) is 71.7 Å². The number of carbonyl (C=O) groups excluding carboxylic acids is 1. The number of aromatic amines is 1. The number of ether oxygens (including phenoxy) is 1. The molecule has 11 nitrogen and oxygen atoms in total. The van der Waals surface area contributed by atoms with Crippen LogP contribution in [0.15, 0.2) is 41.3 Å². The molecule has 5 rings (SSSR count). The molecule has 3 N–H and O–H groups in total. The van der Waals surface area contributed by atoms with Crippen LogP contribution in [0.25, 0.3) is 11.0 Å². The summed E-state index contributed by atoms with van der Waals surface area (Å²) in [6.07, 6.45) is 1.64. The van der Waals surface area contributed by atoms with E-state index in [1.54, 1.807) is 38.1 Å². The molecule has 0 saturated carbocycles. The summed E-state index contributed by atoms with van der Waals surface area (Å²) in [6.45, 7) is 12.5. The number of fused-ring (bicyclic) bond motifs is 1. The van der Waals surface area contributed by atoms with E-state index >= 15 is 0 Å². The van der Waals surface area contributed by atoms with Gasteiger partial charge < -0.3 is 20.3 Å². The maximum atomic E-state index is 13.2. The summed E-state index contributed by atoms with van der Waals surface area (Å²) < 4.78 is 32.6. The molecule has 4 aromatic rings. The zero-order chi connectivity index (χ0) is 32.5. The number of nitrogens with one attached hydrogen (secondary N) is 3. The van der Waals surface area contributed by atoms with Crippen LogP contribution in [0.3, 0.4) is 0 Å². The average molecular weight is 630 g/mol. The summed E-state index contributed by atoms with van der Waals surface area (Å²) in [7, 11) is 2.01. The highest BCUT2D eigenvalue weighted by atomic mass is 32.2. The second-order valence-electron chi connectivity index (χ2n) is 12.0. The van der Waals surface area contributed by atoms with Gasteiger partial charge in [-0.1, -0.05) is 12.1 Å². The Morgan fingerprint density at radius 1 is 1.07 bits per heavy atom. The Hall–Kier alpha value is -4.13. The molecule has 1 fully saturated rings. The molecule has 0 atom stereocenters. The van der Waals surface area contributed by atoms with Gasteiger partial charge in [-0.3, -0.25) is 9.89 Å². The number of anilines is 4. The minimum Gasteiger partial charge on any atom is -0.489 e. The van der Waals surface area contributed by atoms with Gasteiger partial charge in [0.15, 0.2) is 15.5 Å². The number of hydrogen-bond donors (Lipinski definition) is 3. The second kappa shape index (κ2) is 13.1. The van der Waals surface area contributed by atoms with Crippen LogP contribution in [0.1, 0.15) is 63.3 Å². The molecule has 2 aromatic carbocycles. The van der Waals surface area contributed by atoms with Gasteiger partial charge >= 0.3 is 0 Å². The van der Waals surface area contributed by atoms with E-state index in [0.717, 1.165) is 24.1 Å². The van der Waals surface area contributed by atoms with Gasteiger partial charge in [0, 0.05) is 18.8 Å². The number of amides is 1. The summed E-state index contributed by atoms with van der Waals surface area (Å²) in [5, 5.41) is 14.0. The molecule has 2 aromatic heterocycles. The van der Waals surface area contributed by atoms with Gasteiger partial charge in [0.2, 0.25) is 11.9 Å². The Morgan fingerprint density at radius 3 is 2.44 bits per heavy atom. The molecule has 45 heavy (non-hydrogen) atoms. The number of rotatable bonds is 10. The molecule has 0 aliphatic carbocycles. The molecular formula is C32H40BN7O4S. The van der Waals surface area contributed by atoms with Crippen LogP contribution < -0.4 is 15.4 Å². The Bertz CT molecular complexity index is 1820. The SMILES string of the molecule is [B]CC(=O)N1CCC(c2cc(OC(C)C)c(Nc3nc(Nc4ccccc4S(=O)(=O)C(C)C)c4c(C)[nH]nc4n3)cc2C)CC1. The second-order valence-corrected chi connectivity index (χ2v) is 14.5. The number of aromatic nitrogens is 4. The van der Waals surface area contributed by atoms with E-state index < -0.39 is 15.1 Å². The fraction of sp³-hybridized carbons (Fsp3) is 0.438. The highest BCUT2D eigenvalue weighted by Crippen LogP contribution is 2.39. The van der Waals surface area contributed by atoms with Crippen LogP contribution >= 0.6 is 0 Å². The predicted octanol–water partition coefficient (Wildman–Crippen LogP) is 5.72. The molecule has 1 aliphatic heterocycles. The summed E-state index contributed by atoms with van der Waals surface area (Å²) in [4.78, 5) is 23.6. The standard InChI is InChI=1S/C32H40BN7O4S/c1-18(2)44-26-16-23(22-11-13-40(14-12-22)28(41)17-33)20(5)15-25(26)35-32-36-30(29-21(6)38-39-31(29)37-32)34-24-9-7-8-10-27(24)45(42,43)19(3)4/h7-10,15-16,18-19,22H,11-14,17H2,1-6H3,(H3,34,35,36,37,38,39). The molecule has 13 heteroatoms. The van der Waals surface area contributed by atoms with Crippen LogP contribution in [0.2, 0.25) is 6.32 Å². The van der Waals surface area contributed by atoms with E-state index in [2.05, 4.69) is 38.8 Å². The van der Waals surface area contributed by atoms with Gasteiger partial charge in [0.1, 0.15) is 11.6 Å². The minimum absolute atomic E-state index is 0.0171. The minimum atomic E-state index is -3.57. The number of H-pyrrole nitrogens is 1. The highest BCUT2D eigenvalue weighted by molar-refractivity contribution is 7.92. The summed E-state index contributed by atoms with van der Waals surface area (Å²) in [5.74, 6) is 1.62. The lowest BCUT2D eigenvalue weighted by molar-refractivity contribution is -0.129. The first-order valence-electron chi connectivity index (χ1n) is 15.3. The number of carbonyl (C=O) groups is 1. The Balaban J connectivity index is 1.50. The van der Waals surface area contributed by atoms with Crippen molar-refractivity contribution < 1.29 is 17.9 Å². The van der Waals surface area contributed by atoms with E-state index in [0.29, 0.717) is 47.1 Å². The van der Waals surface area contributed by atoms with Gasteiger partial charge in [0.05, 0.1) is 40.9 Å². The molecule has 0 spiro atoms. The van der Waals surface area contributed by atoms with E-state index in [4.69, 9.17) is 17.6 Å². The van der Waals surface area contributed by atoms with Gasteiger partial charge in [-0.25, -0.2) is 8.42 Å². The van der Waals surface area contributed by atoms with Gasteiger partial charge in [-0.2, -0.15) is 15.1 Å². The third kappa shape index (κ3) is 6.78. The first-order valence-corrected chi connectivity index (χ1v) is 16.8. The number of para-hydroxylation sites is 1. The van der Waals surface area contributed by atoms with E-state index in [9.17, 15) is 13.2 Å². The van der Waals surface area contributed by atoms with Crippen molar-refractivity contribution in [1.29, 1.82) is 0 Å². The number of nitrogens with zero attached hydrogens (tertiary/aromatic N) is 4. The van der Waals surface area contributed by atoms with Crippen LogP contribution in [-0.2, 0) is 14.6 Å². The largest absolute Gasteiger partial charge is 0.489 e. The highest BCUT2D eigenvalue weighted by Gasteiger charge is 2.26. The van der Waals surface area contributed by atoms with Crippen LogP contribution in [0.4, 0.5) is 23.1 Å².